The van der Waals surface area contributed by atoms with E-state index in [1.165, 1.54) is 0 Å². The van der Waals surface area contributed by atoms with Crippen molar-refractivity contribution < 1.29 is 36.8 Å². The first-order valence-corrected chi connectivity index (χ1v) is 4.30. The summed E-state index contributed by atoms with van der Waals surface area (Å²) in [5.41, 5.74) is 6.39. The SMILES string of the molecule is O.O=N[O-].OC1CC[N-]C(O)N1.[CH2-]CC[NH-].[Pt]. The molecule has 0 aliphatic carbocycles. The van der Waals surface area contributed by atoms with Gasteiger partial charge in [0.15, 0.2) is 0 Å². The Balaban J connectivity index is -0.0000000821. The van der Waals surface area contributed by atoms with E-state index < -0.39 is 12.6 Å². The first-order chi connectivity index (χ1) is 7.12. The number of hydrogen-bond acceptors (Lipinski definition) is 6. The van der Waals surface area contributed by atoms with Gasteiger partial charge in [-0.3, -0.25) is 5.32 Å². The molecule has 10 heteroatoms. The van der Waals surface area contributed by atoms with Crippen molar-refractivity contribution in [2.45, 2.75) is 25.4 Å². The van der Waals surface area contributed by atoms with Crippen LogP contribution in [0, 0.1) is 17.0 Å². The second-order valence-corrected chi connectivity index (χ2v) is 2.43. The Bertz CT molecular complexity index is 135. The van der Waals surface area contributed by atoms with E-state index >= 15 is 0 Å². The van der Waals surface area contributed by atoms with Gasteiger partial charge in [-0.2, -0.15) is 6.54 Å². The molecule has 2 atom stereocenters. The molecule has 0 aromatic heterocycles. The fraction of sp³-hybridized carbons (Fsp3) is 0.857. The number of rotatable bonds is 1. The summed E-state index contributed by atoms with van der Waals surface area (Å²) < 4.78 is 0. The topological polar surface area (TPSA) is 174 Å². The Labute approximate surface area is 114 Å². The molecule has 1 rings (SSSR count). The molecule has 1 heterocycles. The average Bonchev–Trinajstić information content (AvgIpc) is 2.19. The first kappa shape index (κ1) is 25.6. The van der Waals surface area contributed by atoms with Crippen LogP contribution in [0.5, 0.6) is 0 Å². The minimum absolute atomic E-state index is 0. The zero-order valence-corrected chi connectivity index (χ0v) is 11.4. The summed E-state index contributed by atoms with van der Waals surface area (Å²) in [6.07, 6.45) is -0.113. The maximum atomic E-state index is 8.75. The van der Waals surface area contributed by atoms with Crippen LogP contribution in [-0.2, 0) is 21.1 Å². The summed E-state index contributed by atoms with van der Waals surface area (Å²) in [5.74, 6) is 0. The molecule has 0 amide bonds. The molecule has 0 bridgehead atoms. The van der Waals surface area contributed by atoms with Gasteiger partial charge in [-0.15, -0.1) is 11.9 Å². The number of aliphatic hydroxyl groups excluding tert-OH is 2. The van der Waals surface area contributed by atoms with Gasteiger partial charge >= 0.3 is 0 Å². The Kier molecular flexibility index (Phi) is 31.9. The quantitative estimate of drug-likeness (QED) is 0.290. The smallest absolute Gasteiger partial charge is 0.103 e. The van der Waals surface area contributed by atoms with E-state index in [1.54, 1.807) is 0 Å². The van der Waals surface area contributed by atoms with Crippen LogP contribution in [0.3, 0.4) is 0 Å². The Morgan fingerprint density at radius 1 is 1.59 bits per heavy atom. The Morgan fingerprint density at radius 3 is 2.18 bits per heavy atom. The van der Waals surface area contributed by atoms with Gasteiger partial charge in [-0.25, -0.2) is 6.42 Å². The molecule has 0 spiro atoms. The van der Waals surface area contributed by atoms with Gasteiger partial charge in [0.1, 0.15) is 6.23 Å². The second-order valence-electron chi connectivity index (χ2n) is 2.43. The normalized spacial score (nSPS) is 21.2. The van der Waals surface area contributed by atoms with Crippen LogP contribution in [-0.4, -0.2) is 41.4 Å². The fourth-order valence-electron chi connectivity index (χ4n) is 0.627. The van der Waals surface area contributed by atoms with Crippen molar-refractivity contribution in [3.63, 3.8) is 0 Å². The third kappa shape index (κ3) is 25.8. The van der Waals surface area contributed by atoms with Crippen LogP contribution in [0.4, 0.5) is 0 Å². The largest absolute Gasteiger partial charge is 0.679 e. The molecule has 110 valence electrons. The Hall–Kier alpha value is -0.152. The predicted molar refractivity (Wildman–Crippen MR) is 59.9 cm³/mol. The maximum Gasteiger partial charge on any atom is 0.103 e. The van der Waals surface area contributed by atoms with E-state index in [4.69, 9.17) is 26.1 Å². The minimum atomic E-state index is -0.862. The van der Waals surface area contributed by atoms with Crippen LogP contribution in [0.2, 0.25) is 0 Å². The van der Waals surface area contributed by atoms with Crippen LogP contribution < -0.4 is 5.32 Å². The zero-order valence-electron chi connectivity index (χ0n) is 9.11. The number of aliphatic hydroxyl groups is 2. The van der Waals surface area contributed by atoms with Gasteiger partial charge in [0, 0.05) is 27.4 Å². The van der Waals surface area contributed by atoms with Gasteiger partial charge in [-0.1, -0.05) is 0 Å². The van der Waals surface area contributed by atoms with Gasteiger partial charge in [0.25, 0.3) is 0 Å². The number of nitrogens with zero attached hydrogens (tertiary/aromatic N) is 2. The van der Waals surface area contributed by atoms with Crippen molar-refractivity contribution >= 4 is 0 Å². The Morgan fingerprint density at radius 2 is 2.00 bits per heavy atom. The standard InChI is InChI=1S/C4H9N2O2.C3H7N.HNO2.H2O.Pt/c7-3-1-2-5-4(8)6-3;1-2-3-4;2-1-3;;/h3-4,6-8H,1-2H2;4H,1-3H2;(H,2,3);1H2;/q-1;-2;;;/p-1. The molecular formula is C7H18N4O5Pt-4. The van der Waals surface area contributed by atoms with E-state index in [0.717, 1.165) is 11.8 Å². The molecule has 1 aliphatic heterocycles. The summed E-state index contributed by atoms with van der Waals surface area (Å²) in [6.45, 7) is 4.41. The molecule has 17 heavy (non-hydrogen) atoms. The van der Waals surface area contributed by atoms with Crippen molar-refractivity contribution in [3.05, 3.63) is 28.1 Å². The second kappa shape index (κ2) is 21.2. The molecule has 0 saturated carbocycles. The van der Waals surface area contributed by atoms with E-state index in [0.29, 0.717) is 19.5 Å². The maximum absolute atomic E-state index is 8.75. The van der Waals surface area contributed by atoms with E-state index in [-0.39, 0.29) is 26.5 Å². The average molecular weight is 433 g/mol. The van der Waals surface area contributed by atoms with E-state index in [2.05, 4.69) is 17.6 Å². The predicted octanol–water partition coefficient (Wildman–Crippen LogP) is -0.366. The summed E-state index contributed by atoms with van der Waals surface area (Å²) in [6, 6.07) is 0. The number of nitrogens with one attached hydrogen (secondary N) is 2. The van der Waals surface area contributed by atoms with Crippen molar-refractivity contribution in [2.24, 2.45) is 5.34 Å². The van der Waals surface area contributed by atoms with Gasteiger partial charge < -0.3 is 43.8 Å². The summed E-state index contributed by atoms with van der Waals surface area (Å²) >= 11 is 0. The third-order valence-electron chi connectivity index (χ3n) is 1.22. The van der Waals surface area contributed by atoms with Crippen molar-refractivity contribution in [1.29, 1.82) is 0 Å². The van der Waals surface area contributed by atoms with E-state index in [9.17, 15) is 0 Å². The summed E-state index contributed by atoms with van der Waals surface area (Å²) in [7, 11) is 0. The van der Waals surface area contributed by atoms with Crippen LogP contribution >= 0.6 is 0 Å². The molecule has 0 radical (unpaired) electrons. The fourth-order valence-corrected chi connectivity index (χ4v) is 0.627. The molecule has 0 aromatic carbocycles. The van der Waals surface area contributed by atoms with Gasteiger partial charge in [0.05, 0.1) is 0 Å². The summed E-state index contributed by atoms with van der Waals surface area (Å²) in [4.78, 5) is 8.00. The van der Waals surface area contributed by atoms with Gasteiger partial charge in [-0.05, 0) is 6.42 Å². The number of hydrogen-bond donors (Lipinski definition) is 3. The van der Waals surface area contributed by atoms with Crippen molar-refractivity contribution in [1.82, 2.24) is 5.32 Å². The molecule has 1 aliphatic rings. The van der Waals surface area contributed by atoms with Crippen LogP contribution in [0.15, 0.2) is 5.34 Å². The molecule has 2 unspecified atom stereocenters. The molecular weight excluding hydrogens is 415 g/mol. The minimum Gasteiger partial charge on any atom is -0.679 e. The van der Waals surface area contributed by atoms with E-state index in [1.807, 2.05) is 0 Å². The van der Waals surface area contributed by atoms with Crippen molar-refractivity contribution in [2.75, 3.05) is 13.1 Å². The van der Waals surface area contributed by atoms with Gasteiger partial charge in [0.2, 0.25) is 0 Å². The monoisotopic (exact) mass is 433 g/mol. The van der Waals surface area contributed by atoms with Crippen LogP contribution in [0.25, 0.3) is 11.1 Å². The zero-order chi connectivity index (χ0) is 12.1. The van der Waals surface area contributed by atoms with Crippen molar-refractivity contribution in [3.8, 4) is 0 Å². The third-order valence-corrected chi connectivity index (χ3v) is 1.22. The molecule has 1 fully saturated rings. The molecule has 0 aromatic rings. The first-order valence-electron chi connectivity index (χ1n) is 4.30. The molecule has 1 saturated heterocycles. The summed E-state index contributed by atoms with van der Waals surface area (Å²) in [5, 5.41) is 32.5. The molecule has 6 N–H and O–H groups in total. The molecule has 9 nitrogen and oxygen atoms in total. The van der Waals surface area contributed by atoms with Crippen LogP contribution in [0.1, 0.15) is 12.8 Å².